The molecule has 0 bridgehead atoms. The van der Waals surface area contributed by atoms with Crippen LogP contribution in [0.2, 0.25) is 0 Å². The lowest BCUT2D eigenvalue weighted by Crippen LogP contribution is -2.40. The predicted molar refractivity (Wildman–Crippen MR) is 57.3 cm³/mol. The topological polar surface area (TPSA) is 92.4 Å². The molecule has 5 nitrogen and oxygen atoms in total. The molecule has 0 rings (SSSR count). The van der Waals surface area contributed by atoms with Gasteiger partial charge in [0.1, 0.15) is 6.04 Å². The average molecular weight is 216 g/mol. The van der Waals surface area contributed by atoms with Crippen LogP contribution in [0.25, 0.3) is 0 Å². The summed E-state index contributed by atoms with van der Waals surface area (Å²) < 4.78 is 0. The minimum atomic E-state index is -0.988. The molecule has 0 heterocycles. The third-order valence-corrected chi connectivity index (χ3v) is 2.31. The van der Waals surface area contributed by atoms with E-state index in [4.69, 9.17) is 10.8 Å². The number of carbonyl (C=O) groups excluding carboxylic acids is 1. The second-order valence-corrected chi connectivity index (χ2v) is 3.75. The van der Waals surface area contributed by atoms with Crippen LogP contribution in [0, 0.1) is 5.92 Å². The summed E-state index contributed by atoms with van der Waals surface area (Å²) in [7, 11) is 0. The number of carboxylic acids is 1. The standard InChI is InChI=1S/C10H20N2O3/c1-3-8(10(14)15)12-9(13)5-4-7(2)6-11/h7-8H,3-6,11H2,1-2H3,(H,12,13)(H,14,15)/t7?,8-/m1/s1. The van der Waals surface area contributed by atoms with E-state index in [-0.39, 0.29) is 5.91 Å². The van der Waals surface area contributed by atoms with Crippen LogP contribution in [0.1, 0.15) is 33.1 Å². The van der Waals surface area contributed by atoms with Gasteiger partial charge in [-0.2, -0.15) is 0 Å². The maximum atomic E-state index is 11.3. The van der Waals surface area contributed by atoms with E-state index in [0.717, 1.165) is 0 Å². The molecule has 0 spiro atoms. The predicted octanol–water partition coefficient (Wildman–Crippen LogP) is 0.341. The van der Waals surface area contributed by atoms with Crippen LogP contribution in [-0.4, -0.2) is 29.6 Å². The van der Waals surface area contributed by atoms with Gasteiger partial charge in [-0.3, -0.25) is 4.79 Å². The zero-order valence-corrected chi connectivity index (χ0v) is 9.32. The van der Waals surface area contributed by atoms with Crippen molar-refractivity contribution < 1.29 is 14.7 Å². The maximum absolute atomic E-state index is 11.3. The Hall–Kier alpha value is -1.10. The summed E-state index contributed by atoms with van der Waals surface area (Å²) in [5.41, 5.74) is 5.41. The number of aliphatic carboxylic acids is 1. The molecule has 0 saturated carbocycles. The van der Waals surface area contributed by atoms with Crippen LogP contribution < -0.4 is 11.1 Å². The molecule has 2 atom stereocenters. The number of carboxylic acid groups (broad SMARTS) is 1. The normalized spacial score (nSPS) is 14.3. The molecule has 4 N–H and O–H groups in total. The highest BCUT2D eigenvalue weighted by molar-refractivity contribution is 5.83. The van der Waals surface area contributed by atoms with Gasteiger partial charge in [-0.25, -0.2) is 4.79 Å². The highest BCUT2D eigenvalue weighted by atomic mass is 16.4. The molecule has 0 aromatic carbocycles. The Bertz CT molecular complexity index is 219. The quantitative estimate of drug-likeness (QED) is 0.572. The first kappa shape index (κ1) is 13.9. The second-order valence-electron chi connectivity index (χ2n) is 3.75. The van der Waals surface area contributed by atoms with E-state index in [9.17, 15) is 9.59 Å². The van der Waals surface area contributed by atoms with Crippen molar-refractivity contribution in [1.82, 2.24) is 5.32 Å². The number of amides is 1. The van der Waals surface area contributed by atoms with Crippen LogP contribution in [0.4, 0.5) is 0 Å². The Kier molecular flexibility index (Phi) is 6.70. The minimum absolute atomic E-state index is 0.218. The lowest BCUT2D eigenvalue weighted by molar-refractivity contribution is -0.141. The van der Waals surface area contributed by atoms with Gasteiger partial charge in [0.25, 0.3) is 0 Å². The molecule has 0 radical (unpaired) electrons. The van der Waals surface area contributed by atoms with Gasteiger partial charge in [0.2, 0.25) is 5.91 Å². The van der Waals surface area contributed by atoms with Gasteiger partial charge in [-0.05, 0) is 25.3 Å². The zero-order valence-electron chi connectivity index (χ0n) is 9.32. The lowest BCUT2D eigenvalue weighted by Gasteiger charge is -2.13. The summed E-state index contributed by atoms with van der Waals surface area (Å²) in [4.78, 5) is 21.9. The van der Waals surface area contributed by atoms with Crippen molar-refractivity contribution in [2.45, 2.75) is 39.2 Å². The van der Waals surface area contributed by atoms with Gasteiger partial charge in [0, 0.05) is 6.42 Å². The van der Waals surface area contributed by atoms with Gasteiger partial charge < -0.3 is 16.2 Å². The molecule has 0 aromatic rings. The SMILES string of the molecule is CC[C@@H](NC(=O)CCC(C)CN)C(=O)O. The second kappa shape index (κ2) is 7.23. The Balaban J connectivity index is 3.86. The summed E-state index contributed by atoms with van der Waals surface area (Å²) in [5, 5.41) is 11.2. The van der Waals surface area contributed by atoms with Crippen LogP contribution >= 0.6 is 0 Å². The molecule has 5 heteroatoms. The molecule has 0 aliphatic heterocycles. The monoisotopic (exact) mass is 216 g/mol. The van der Waals surface area contributed by atoms with Crippen molar-refractivity contribution in [1.29, 1.82) is 0 Å². The number of hydrogen-bond acceptors (Lipinski definition) is 3. The van der Waals surface area contributed by atoms with Crippen molar-refractivity contribution >= 4 is 11.9 Å². The molecule has 0 aliphatic carbocycles. The first-order chi connectivity index (χ1) is 7.01. The fourth-order valence-corrected chi connectivity index (χ4v) is 1.10. The molecule has 15 heavy (non-hydrogen) atoms. The van der Waals surface area contributed by atoms with E-state index in [1.165, 1.54) is 0 Å². The van der Waals surface area contributed by atoms with Crippen molar-refractivity contribution in [2.75, 3.05) is 6.54 Å². The Morgan fingerprint density at radius 1 is 1.47 bits per heavy atom. The average Bonchev–Trinajstić information content (AvgIpc) is 2.21. The molecule has 0 saturated heterocycles. The minimum Gasteiger partial charge on any atom is -0.480 e. The molecule has 0 aromatic heterocycles. The van der Waals surface area contributed by atoms with Crippen LogP contribution in [0.5, 0.6) is 0 Å². The number of hydrogen-bond donors (Lipinski definition) is 3. The highest BCUT2D eigenvalue weighted by Crippen LogP contribution is 2.03. The van der Waals surface area contributed by atoms with Crippen LogP contribution in [0.15, 0.2) is 0 Å². The van der Waals surface area contributed by atoms with Gasteiger partial charge in [0.05, 0.1) is 0 Å². The molecular weight excluding hydrogens is 196 g/mol. The van der Waals surface area contributed by atoms with E-state index in [0.29, 0.717) is 31.7 Å². The van der Waals surface area contributed by atoms with Crippen LogP contribution in [0.3, 0.4) is 0 Å². The molecule has 1 unspecified atom stereocenters. The van der Waals surface area contributed by atoms with E-state index in [1.807, 2.05) is 6.92 Å². The fourth-order valence-electron chi connectivity index (χ4n) is 1.10. The zero-order chi connectivity index (χ0) is 11.8. The number of nitrogens with one attached hydrogen (secondary N) is 1. The summed E-state index contributed by atoms with van der Waals surface area (Å²) in [6.07, 6.45) is 1.42. The maximum Gasteiger partial charge on any atom is 0.326 e. The molecule has 0 fully saturated rings. The van der Waals surface area contributed by atoms with E-state index in [1.54, 1.807) is 6.92 Å². The Morgan fingerprint density at radius 3 is 2.47 bits per heavy atom. The number of nitrogens with two attached hydrogens (primary N) is 1. The fraction of sp³-hybridized carbons (Fsp3) is 0.800. The van der Waals surface area contributed by atoms with Crippen molar-refractivity contribution in [3.8, 4) is 0 Å². The van der Waals surface area contributed by atoms with Gasteiger partial charge >= 0.3 is 5.97 Å². The number of rotatable bonds is 7. The number of carbonyl (C=O) groups is 2. The van der Waals surface area contributed by atoms with E-state index >= 15 is 0 Å². The van der Waals surface area contributed by atoms with Gasteiger partial charge in [-0.1, -0.05) is 13.8 Å². The summed E-state index contributed by atoms with van der Waals surface area (Å²) >= 11 is 0. The van der Waals surface area contributed by atoms with E-state index in [2.05, 4.69) is 5.32 Å². The van der Waals surface area contributed by atoms with Crippen molar-refractivity contribution in [3.05, 3.63) is 0 Å². The highest BCUT2D eigenvalue weighted by Gasteiger charge is 2.17. The third kappa shape index (κ3) is 6.06. The summed E-state index contributed by atoms with van der Waals surface area (Å²) in [6, 6.07) is -0.773. The first-order valence-corrected chi connectivity index (χ1v) is 5.23. The molecular formula is C10H20N2O3. The van der Waals surface area contributed by atoms with Gasteiger partial charge in [0.15, 0.2) is 0 Å². The summed E-state index contributed by atoms with van der Waals surface area (Å²) in [5.74, 6) is -0.914. The molecule has 88 valence electrons. The Labute approximate surface area is 90.0 Å². The summed E-state index contributed by atoms with van der Waals surface area (Å²) in [6.45, 7) is 4.23. The van der Waals surface area contributed by atoms with Crippen molar-refractivity contribution in [3.63, 3.8) is 0 Å². The molecule has 0 aliphatic rings. The van der Waals surface area contributed by atoms with Crippen molar-refractivity contribution in [2.24, 2.45) is 11.7 Å². The smallest absolute Gasteiger partial charge is 0.326 e. The Morgan fingerprint density at radius 2 is 2.07 bits per heavy atom. The largest absolute Gasteiger partial charge is 0.480 e. The van der Waals surface area contributed by atoms with E-state index < -0.39 is 12.0 Å². The van der Waals surface area contributed by atoms with Crippen LogP contribution in [-0.2, 0) is 9.59 Å². The first-order valence-electron chi connectivity index (χ1n) is 5.23. The van der Waals surface area contributed by atoms with Gasteiger partial charge in [-0.15, -0.1) is 0 Å². The third-order valence-electron chi connectivity index (χ3n) is 2.31. The lowest BCUT2D eigenvalue weighted by atomic mass is 10.1. The molecule has 1 amide bonds.